The Labute approximate surface area is 192 Å². The largest absolute Gasteiger partial charge is 0.377 e. The van der Waals surface area contributed by atoms with Crippen molar-refractivity contribution >= 4 is 23.8 Å². The van der Waals surface area contributed by atoms with E-state index in [2.05, 4.69) is 20.9 Å². The lowest BCUT2D eigenvalue weighted by Crippen LogP contribution is -2.41. The molecule has 1 atom stereocenters. The maximum Gasteiger partial charge on any atom is 0.315 e. The Balaban J connectivity index is 1.83. The predicted octanol–water partition coefficient (Wildman–Crippen LogP) is 3.22. The lowest BCUT2D eigenvalue weighted by Gasteiger charge is -2.27. The summed E-state index contributed by atoms with van der Waals surface area (Å²) in [6.07, 6.45) is 4.68. The normalized spacial score (nSPS) is 15.3. The van der Waals surface area contributed by atoms with E-state index in [-0.39, 0.29) is 17.3 Å². The number of hydrogen-bond donors (Lipinski definition) is 6. The fourth-order valence-electron chi connectivity index (χ4n) is 3.17. The van der Waals surface area contributed by atoms with E-state index in [1.807, 2.05) is 24.3 Å². The fourth-order valence-corrected chi connectivity index (χ4v) is 3.17. The molecule has 176 valence electrons. The van der Waals surface area contributed by atoms with Crippen LogP contribution in [-0.2, 0) is 11.3 Å². The molecule has 1 aromatic carbocycles. The molecule has 1 fully saturated rings. The highest BCUT2D eigenvalue weighted by Gasteiger charge is 2.27. The standard InChI is InChI=1S/C24H31FN6O2/c1-14(24(2,3)25)30-21(19(11-26)22(27)32)20-10-17(13-28-20)16-6-4-5-15(9-16)12-29-23(33)31-18-7-8-18/h4-6,9-11,13-14,18,26,28,30H,7-8,12H2,1-3H3,(H2,27,32)(H2,29,31,33)/b21-19-,26-11?/t14-/m1/s1. The SMILES string of the molecule is C[C@@H](N/C(=C(/C=N)C(N)=O)c1cc(-c2cccc(CNC(=O)NC3CC3)c2)c[nH]1)C(C)(C)F. The maximum absolute atomic E-state index is 14.4. The number of H-pyrrole nitrogens is 1. The number of nitrogens with one attached hydrogen (secondary N) is 5. The van der Waals surface area contributed by atoms with E-state index in [9.17, 15) is 14.0 Å². The molecular weight excluding hydrogens is 423 g/mol. The first-order valence-electron chi connectivity index (χ1n) is 10.9. The Hall–Kier alpha value is -3.62. The number of carbonyl (C=O) groups excluding carboxylic acids is 2. The summed E-state index contributed by atoms with van der Waals surface area (Å²) in [7, 11) is 0. The van der Waals surface area contributed by atoms with E-state index in [1.165, 1.54) is 13.8 Å². The van der Waals surface area contributed by atoms with E-state index >= 15 is 0 Å². The number of halogens is 1. The molecule has 1 aromatic heterocycles. The highest BCUT2D eigenvalue weighted by molar-refractivity contribution is 6.16. The third-order valence-electron chi connectivity index (χ3n) is 5.65. The monoisotopic (exact) mass is 454 g/mol. The topological polar surface area (TPSA) is 136 Å². The molecule has 9 heteroatoms. The second kappa shape index (κ2) is 9.89. The smallest absolute Gasteiger partial charge is 0.315 e. The number of alkyl halides is 1. The van der Waals surface area contributed by atoms with Gasteiger partial charge in [0.2, 0.25) is 0 Å². The van der Waals surface area contributed by atoms with Gasteiger partial charge in [-0.25, -0.2) is 9.18 Å². The molecule has 1 saturated carbocycles. The summed E-state index contributed by atoms with van der Waals surface area (Å²) in [5.74, 6) is -0.787. The van der Waals surface area contributed by atoms with Gasteiger partial charge in [0.25, 0.3) is 5.91 Å². The van der Waals surface area contributed by atoms with E-state index < -0.39 is 17.6 Å². The first-order valence-corrected chi connectivity index (χ1v) is 10.9. The zero-order chi connectivity index (χ0) is 24.2. The van der Waals surface area contributed by atoms with Crippen molar-refractivity contribution in [2.24, 2.45) is 5.73 Å². The molecule has 3 amide bonds. The third-order valence-corrected chi connectivity index (χ3v) is 5.65. The van der Waals surface area contributed by atoms with Gasteiger partial charge in [-0.15, -0.1) is 0 Å². The van der Waals surface area contributed by atoms with Crippen LogP contribution in [0.1, 0.15) is 44.9 Å². The summed E-state index contributed by atoms with van der Waals surface area (Å²) in [4.78, 5) is 26.9. The summed E-state index contributed by atoms with van der Waals surface area (Å²) in [5.41, 5.74) is 7.26. The molecule has 0 saturated heterocycles. The number of aromatic amines is 1. The lowest BCUT2D eigenvalue weighted by molar-refractivity contribution is -0.114. The number of nitrogens with two attached hydrogens (primary N) is 1. The van der Waals surface area contributed by atoms with E-state index in [4.69, 9.17) is 11.1 Å². The molecule has 3 rings (SSSR count). The number of benzene rings is 1. The van der Waals surface area contributed by atoms with E-state index in [1.54, 1.807) is 19.2 Å². The minimum Gasteiger partial charge on any atom is -0.377 e. The molecule has 1 heterocycles. The van der Waals surface area contributed by atoms with Crippen LogP contribution in [0.3, 0.4) is 0 Å². The van der Waals surface area contributed by atoms with Gasteiger partial charge in [-0.1, -0.05) is 18.2 Å². The van der Waals surface area contributed by atoms with Crippen molar-refractivity contribution in [3.8, 4) is 11.1 Å². The summed E-state index contributed by atoms with van der Waals surface area (Å²) in [6, 6.07) is 8.98. The molecule has 7 N–H and O–H groups in total. The van der Waals surface area contributed by atoms with Gasteiger partial charge >= 0.3 is 6.03 Å². The second-order valence-corrected chi connectivity index (χ2v) is 8.83. The number of rotatable bonds is 10. The van der Waals surface area contributed by atoms with E-state index in [0.717, 1.165) is 35.7 Å². The molecular formula is C24H31FN6O2. The number of primary amides is 1. The number of urea groups is 1. The number of aromatic nitrogens is 1. The summed E-state index contributed by atoms with van der Waals surface area (Å²) >= 11 is 0. The first-order chi connectivity index (χ1) is 15.6. The van der Waals surface area contributed by atoms with Crippen molar-refractivity contribution < 1.29 is 14.0 Å². The first kappa shape index (κ1) is 24.0. The molecule has 2 aromatic rings. The Morgan fingerprint density at radius 1 is 1.30 bits per heavy atom. The fraction of sp³-hybridized carbons (Fsp3) is 0.375. The van der Waals surface area contributed by atoms with Crippen molar-refractivity contribution in [1.82, 2.24) is 20.9 Å². The van der Waals surface area contributed by atoms with Gasteiger partial charge in [0.15, 0.2) is 0 Å². The molecule has 0 unspecified atom stereocenters. The number of hydrogen-bond acceptors (Lipinski definition) is 4. The maximum atomic E-state index is 14.4. The zero-order valence-electron chi connectivity index (χ0n) is 19.1. The van der Waals surface area contributed by atoms with Crippen LogP contribution in [-0.4, -0.2) is 40.9 Å². The van der Waals surface area contributed by atoms with Crippen LogP contribution in [0.2, 0.25) is 0 Å². The molecule has 0 spiro atoms. The predicted molar refractivity (Wildman–Crippen MR) is 127 cm³/mol. The van der Waals surface area contributed by atoms with Crippen molar-refractivity contribution in [3.05, 3.63) is 53.4 Å². The second-order valence-electron chi connectivity index (χ2n) is 8.83. The van der Waals surface area contributed by atoms with Crippen molar-refractivity contribution in [2.75, 3.05) is 0 Å². The van der Waals surface area contributed by atoms with Crippen LogP contribution in [0.4, 0.5) is 9.18 Å². The molecule has 1 aliphatic carbocycles. The van der Waals surface area contributed by atoms with Crippen LogP contribution in [0, 0.1) is 5.41 Å². The molecule has 0 aliphatic heterocycles. The summed E-state index contributed by atoms with van der Waals surface area (Å²) in [5, 5.41) is 16.4. The highest BCUT2D eigenvalue weighted by Crippen LogP contribution is 2.26. The van der Waals surface area contributed by atoms with Gasteiger partial charge < -0.3 is 32.1 Å². The van der Waals surface area contributed by atoms with Crippen molar-refractivity contribution in [2.45, 2.75) is 57.9 Å². The molecule has 33 heavy (non-hydrogen) atoms. The number of carbonyl (C=O) groups is 2. The zero-order valence-corrected chi connectivity index (χ0v) is 19.1. The summed E-state index contributed by atoms with van der Waals surface area (Å²) in [6.45, 7) is 4.91. The Bertz CT molecular complexity index is 1060. The minimum absolute atomic E-state index is 0.0564. The van der Waals surface area contributed by atoms with E-state index in [0.29, 0.717) is 18.3 Å². The lowest BCUT2D eigenvalue weighted by atomic mass is 10.0. The van der Waals surface area contributed by atoms with Crippen molar-refractivity contribution in [1.29, 1.82) is 5.41 Å². The Morgan fingerprint density at radius 2 is 2.03 bits per heavy atom. The minimum atomic E-state index is -1.57. The molecule has 8 nitrogen and oxygen atoms in total. The van der Waals surface area contributed by atoms with Crippen LogP contribution >= 0.6 is 0 Å². The van der Waals surface area contributed by atoms with Gasteiger partial charge in [-0.3, -0.25) is 4.79 Å². The molecule has 1 aliphatic rings. The average molecular weight is 455 g/mol. The van der Waals surface area contributed by atoms with Crippen LogP contribution in [0.25, 0.3) is 16.8 Å². The van der Waals surface area contributed by atoms with Crippen LogP contribution < -0.4 is 21.7 Å². The van der Waals surface area contributed by atoms with Crippen LogP contribution in [0.15, 0.2) is 42.1 Å². The number of amides is 3. The van der Waals surface area contributed by atoms with Crippen molar-refractivity contribution in [3.63, 3.8) is 0 Å². The van der Waals surface area contributed by atoms with Gasteiger partial charge in [-0.05, 0) is 62.4 Å². The van der Waals surface area contributed by atoms with Gasteiger partial charge in [0.05, 0.1) is 23.0 Å². The highest BCUT2D eigenvalue weighted by atomic mass is 19.1. The van der Waals surface area contributed by atoms with Gasteiger partial charge in [0.1, 0.15) is 5.67 Å². The summed E-state index contributed by atoms with van der Waals surface area (Å²) < 4.78 is 14.4. The molecule has 0 radical (unpaired) electrons. The van der Waals surface area contributed by atoms with Gasteiger partial charge in [-0.2, -0.15) is 0 Å². The Morgan fingerprint density at radius 3 is 2.64 bits per heavy atom. The van der Waals surface area contributed by atoms with Crippen LogP contribution in [0.5, 0.6) is 0 Å². The van der Waals surface area contributed by atoms with Gasteiger partial charge in [0, 0.05) is 25.0 Å². The Kier molecular flexibility index (Phi) is 7.20. The average Bonchev–Trinajstić information content (AvgIpc) is 3.42. The third kappa shape index (κ3) is 6.44. The quantitative estimate of drug-likeness (QED) is 0.243. The molecule has 0 bridgehead atoms.